The highest BCUT2D eigenvalue weighted by molar-refractivity contribution is 5.75. The Hall–Kier alpha value is -2.12. The number of aliphatic hydroxyl groups is 1. The molecule has 1 aromatic carbocycles. The summed E-state index contributed by atoms with van der Waals surface area (Å²) in [5, 5.41) is 18.3. The zero-order valence-corrected chi connectivity index (χ0v) is 9.45. The standard InChI is InChI=1S/C11H14N2O5/c12-8(14)5-18-7-3-1-6(2-4-7)10(15)9(13)11(16)17/h1-4,9-10,15H,5,13H2,(H2,12,14)(H,16,17). The van der Waals surface area contributed by atoms with Crippen molar-refractivity contribution < 1.29 is 24.5 Å². The van der Waals surface area contributed by atoms with Gasteiger partial charge in [0.2, 0.25) is 0 Å². The third-order valence-corrected chi connectivity index (χ3v) is 2.23. The van der Waals surface area contributed by atoms with Gasteiger partial charge in [0.25, 0.3) is 5.91 Å². The van der Waals surface area contributed by atoms with Crippen LogP contribution in [0.1, 0.15) is 11.7 Å². The molecule has 0 saturated carbocycles. The van der Waals surface area contributed by atoms with Crippen LogP contribution >= 0.6 is 0 Å². The van der Waals surface area contributed by atoms with Crippen LogP contribution in [-0.2, 0) is 9.59 Å². The van der Waals surface area contributed by atoms with Crippen LogP contribution in [0.5, 0.6) is 5.75 Å². The van der Waals surface area contributed by atoms with Gasteiger partial charge in [0.05, 0.1) is 0 Å². The molecule has 0 aromatic heterocycles. The van der Waals surface area contributed by atoms with Crippen LogP contribution in [0.3, 0.4) is 0 Å². The van der Waals surface area contributed by atoms with Crippen molar-refractivity contribution in [1.82, 2.24) is 0 Å². The van der Waals surface area contributed by atoms with E-state index in [1.54, 1.807) is 0 Å². The van der Waals surface area contributed by atoms with Gasteiger partial charge in [0, 0.05) is 0 Å². The number of carboxylic acids is 1. The minimum atomic E-state index is -1.40. The summed E-state index contributed by atoms with van der Waals surface area (Å²) < 4.78 is 5.01. The summed E-state index contributed by atoms with van der Waals surface area (Å²) in [5.41, 5.74) is 10.5. The van der Waals surface area contributed by atoms with E-state index >= 15 is 0 Å². The number of primary amides is 1. The van der Waals surface area contributed by atoms with Gasteiger partial charge < -0.3 is 26.4 Å². The van der Waals surface area contributed by atoms with Crippen molar-refractivity contribution >= 4 is 11.9 Å². The van der Waals surface area contributed by atoms with Crippen molar-refractivity contribution in [2.24, 2.45) is 11.5 Å². The Morgan fingerprint density at radius 2 is 1.83 bits per heavy atom. The fourth-order valence-corrected chi connectivity index (χ4v) is 1.26. The van der Waals surface area contributed by atoms with Gasteiger partial charge in [-0.25, -0.2) is 0 Å². The molecule has 6 N–H and O–H groups in total. The average Bonchev–Trinajstić information content (AvgIpc) is 2.35. The van der Waals surface area contributed by atoms with E-state index < -0.39 is 24.0 Å². The first kappa shape index (κ1) is 13.9. The number of aliphatic carboxylic acids is 1. The molecule has 1 amide bonds. The van der Waals surface area contributed by atoms with Crippen LogP contribution in [0.4, 0.5) is 0 Å². The maximum Gasteiger partial charge on any atom is 0.323 e. The number of hydrogen-bond donors (Lipinski definition) is 4. The molecule has 1 rings (SSSR count). The van der Waals surface area contributed by atoms with E-state index in [1.807, 2.05) is 0 Å². The Morgan fingerprint density at radius 3 is 2.28 bits per heavy atom. The second-order valence-corrected chi connectivity index (χ2v) is 3.63. The first-order valence-electron chi connectivity index (χ1n) is 5.09. The van der Waals surface area contributed by atoms with Gasteiger partial charge in [-0.2, -0.15) is 0 Å². The van der Waals surface area contributed by atoms with Crippen molar-refractivity contribution in [3.63, 3.8) is 0 Å². The third-order valence-electron chi connectivity index (χ3n) is 2.23. The van der Waals surface area contributed by atoms with Crippen molar-refractivity contribution in [3.8, 4) is 5.75 Å². The highest BCUT2D eigenvalue weighted by Gasteiger charge is 2.23. The SMILES string of the molecule is NC(=O)COc1ccc(C(O)C(N)C(=O)O)cc1. The van der Waals surface area contributed by atoms with Crippen LogP contribution < -0.4 is 16.2 Å². The first-order valence-corrected chi connectivity index (χ1v) is 5.09. The lowest BCUT2D eigenvalue weighted by Crippen LogP contribution is -2.36. The molecular weight excluding hydrogens is 240 g/mol. The second kappa shape index (κ2) is 5.99. The van der Waals surface area contributed by atoms with E-state index in [0.29, 0.717) is 11.3 Å². The predicted octanol–water partition coefficient (Wildman–Crippen LogP) is -1.00. The quantitative estimate of drug-likeness (QED) is 0.514. The maximum absolute atomic E-state index is 10.6. The lowest BCUT2D eigenvalue weighted by molar-refractivity contribution is -0.141. The molecule has 7 nitrogen and oxygen atoms in total. The molecule has 18 heavy (non-hydrogen) atoms. The number of benzene rings is 1. The van der Waals surface area contributed by atoms with Gasteiger partial charge in [0.15, 0.2) is 6.61 Å². The Bertz CT molecular complexity index is 432. The predicted molar refractivity (Wildman–Crippen MR) is 61.7 cm³/mol. The Morgan fingerprint density at radius 1 is 1.28 bits per heavy atom. The van der Waals surface area contributed by atoms with E-state index in [-0.39, 0.29) is 6.61 Å². The molecule has 0 aliphatic rings. The zero-order chi connectivity index (χ0) is 13.7. The van der Waals surface area contributed by atoms with Crippen LogP contribution in [0.2, 0.25) is 0 Å². The molecule has 2 unspecified atom stereocenters. The third kappa shape index (κ3) is 3.72. The Labute approximate surface area is 103 Å². The van der Waals surface area contributed by atoms with Gasteiger partial charge >= 0.3 is 5.97 Å². The molecule has 98 valence electrons. The number of ether oxygens (including phenoxy) is 1. The topological polar surface area (TPSA) is 136 Å². The fraction of sp³-hybridized carbons (Fsp3) is 0.273. The maximum atomic E-state index is 10.6. The molecule has 0 aliphatic heterocycles. The van der Waals surface area contributed by atoms with E-state index in [4.69, 9.17) is 21.3 Å². The van der Waals surface area contributed by atoms with Crippen molar-refractivity contribution in [2.45, 2.75) is 12.1 Å². The number of carboxylic acid groups (broad SMARTS) is 1. The number of amides is 1. The molecule has 2 atom stereocenters. The van der Waals surface area contributed by atoms with E-state index in [2.05, 4.69) is 0 Å². The molecule has 0 saturated heterocycles. The summed E-state index contributed by atoms with van der Waals surface area (Å²) in [6, 6.07) is 4.49. The average molecular weight is 254 g/mol. The molecule has 1 aromatic rings. The minimum Gasteiger partial charge on any atom is -0.484 e. The number of hydrogen-bond acceptors (Lipinski definition) is 5. The molecule has 0 heterocycles. The molecule has 0 aliphatic carbocycles. The summed E-state index contributed by atoms with van der Waals surface area (Å²) >= 11 is 0. The van der Waals surface area contributed by atoms with Gasteiger partial charge in [0.1, 0.15) is 17.9 Å². The number of carbonyl (C=O) groups excluding carboxylic acids is 1. The first-order chi connectivity index (χ1) is 8.41. The van der Waals surface area contributed by atoms with Gasteiger partial charge in [-0.1, -0.05) is 12.1 Å². The highest BCUT2D eigenvalue weighted by Crippen LogP contribution is 2.19. The number of nitrogens with two attached hydrogens (primary N) is 2. The fourth-order valence-electron chi connectivity index (χ4n) is 1.26. The lowest BCUT2D eigenvalue weighted by Gasteiger charge is -2.15. The van der Waals surface area contributed by atoms with Gasteiger partial charge in [-0.15, -0.1) is 0 Å². The van der Waals surface area contributed by atoms with E-state index in [9.17, 15) is 14.7 Å². The van der Waals surface area contributed by atoms with Crippen LogP contribution in [0.15, 0.2) is 24.3 Å². The van der Waals surface area contributed by atoms with Crippen LogP contribution in [0.25, 0.3) is 0 Å². The second-order valence-electron chi connectivity index (χ2n) is 3.63. The summed E-state index contributed by atoms with van der Waals surface area (Å²) in [5.74, 6) is -1.52. The smallest absolute Gasteiger partial charge is 0.323 e. The van der Waals surface area contributed by atoms with Gasteiger partial charge in [-0.05, 0) is 17.7 Å². The zero-order valence-electron chi connectivity index (χ0n) is 9.45. The summed E-state index contributed by atoms with van der Waals surface area (Å²) in [4.78, 5) is 21.1. The molecule has 0 radical (unpaired) electrons. The normalized spacial score (nSPS) is 13.7. The number of aliphatic hydroxyl groups excluding tert-OH is 1. The summed E-state index contributed by atoms with van der Waals surface area (Å²) in [6.07, 6.45) is -1.31. The number of rotatable bonds is 6. The van der Waals surface area contributed by atoms with Crippen molar-refractivity contribution in [3.05, 3.63) is 29.8 Å². The number of carbonyl (C=O) groups is 2. The lowest BCUT2D eigenvalue weighted by atomic mass is 10.0. The summed E-state index contributed by atoms with van der Waals surface area (Å²) in [6.45, 7) is -0.253. The molecular formula is C11H14N2O5. The molecule has 0 spiro atoms. The van der Waals surface area contributed by atoms with Crippen LogP contribution in [-0.4, -0.2) is 34.7 Å². The molecule has 0 bridgehead atoms. The Balaban J connectivity index is 2.70. The van der Waals surface area contributed by atoms with Crippen molar-refractivity contribution in [1.29, 1.82) is 0 Å². The summed E-state index contributed by atoms with van der Waals surface area (Å²) in [7, 11) is 0. The minimum absolute atomic E-state index is 0.253. The van der Waals surface area contributed by atoms with Crippen LogP contribution in [0, 0.1) is 0 Å². The monoisotopic (exact) mass is 254 g/mol. The van der Waals surface area contributed by atoms with E-state index in [0.717, 1.165) is 0 Å². The van der Waals surface area contributed by atoms with E-state index in [1.165, 1.54) is 24.3 Å². The molecule has 0 fully saturated rings. The molecule has 7 heteroatoms. The van der Waals surface area contributed by atoms with Crippen molar-refractivity contribution in [2.75, 3.05) is 6.61 Å². The largest absolute Gasteiger partial charge is 0.484 e. The Kier molecular flexibility index (Phi) is 4.64. The highest BCUT2D eigenvalue weighted by atomic mass is 16.5. The van der Waals surface area contributed by atoms with Gasteiger partial charge in [-0.3, -0.25) is 9.59 Å².